The van der Waals surface area contributed by atoms with Crippen molar-refractivity contribution in [1.29, 1.82) is 0 Å². The van der Waals surface area contributed by atoms with Gasteiger partial charge in [0.05, 0.1) is 13.2 Å². The zero-order chi connectivity index (χ0) is 14.2. The largest absolute Gasteiger partial charge is 0.337 e. The molecule has 0 amide bonds. The van der Waals surface area contributed by atoms with Crippen molar-refractivity contribution < 1.29 is 70.3 Å². The second-order valence-electron chi connectivity index (χ2n) is 3.12. The van der Waals surface area contributed by atoms with Gasteiger partial charge in [0.25, 0.3) is 0 Å². The van der Waals surface area contributed by atoms with Gasteiger partial charge in [-0.1, -0.05) is 13.8 Å². The van der Waals surface area contributed by atoms with Crippen LogP contribution < -0.4 is 0 Å². The molecule has 0 aliphatic carbocycles. The smallest absolute Gasteiger partial charge is 0.309 e. The van der Waals surface area contributed by atoms with E-state index >= 15 is 0 Å². The van der Waals surface area contributed by atoms with Gasteiger partial charge in [0.15, 0.2) is 0 Å². The van der Waals surface area contributed by atoms with Crippen LogP contribution in [-0.2, 0) is 70.3 Å². The average Bonchev–Trinajstić information content (AvgIpc) is 2.29. The Morgan fingerprint density at radius 2 is 1.10 bits per heavy atom. The van der Waals surface area contributed by atoms with Crippen molar-refractivity contribution in [2.45, 2.75) is 27.7 Å². The van der Waals surface area contributed by atoms with Gasteiger partial charge < -0.3 is 9.05 Å². The SMILES string of the molecule is CCOP(=O)(CC)O[PH](=O)OP(=O)(CC)OCC.[Zn].[Zn]. The molecule has 2 unspecified atom stereocenters. The van der Waals surface area contributed by atoms with Crippen LogP contribution in [0, 0.1) is 0 Å². The Hall–Kier alpha value is 1.78. The molecule has 2 atom stereocenters. The maximum Gasteiger partial charge on any atom is 0.337 e. The fourth-order valence-electron chi connectivity index (χ4n) is 1.00. The summed E-state index contributed by atoms with van der Waals surface area (Å²) in [6, 6.07) is 0. The van der Waals surface area contributed by atoms with Crippen molar-refractivity contribution in [2.24, 2.45) is 0 Å². The van der Waals surface area contributed by atoms with E-state index in [1.165, 1.54) is 0 Å². The molecule has 114 valence electrons. The molecule has 12 heteroatoms. The molecular weight excluding hydrogens is 432 g/mol. The molecule has 0 fully saturated rings. The van der Waals surface area contributed by atoms with Gasteiger partial charge in [-0.15, -0.1) is 0 Å². The third-order valence-electron chi connectivity index (χ3n) is 1.85. The van der Waals surface area contributed by atoms with Gasteiger partial charge >= 0.3 is 23.4 Å². The Labute approximate surface area is 146 Å². The Morgan fingerprint density at radius 3 is 1.30 bits per heavy atom. The molecule has 0 radical (unpaired) electrons. The molecule has 0 N–H and O–H groups in total. The predicted octanol–water partition coefficient (Wildman–Crippen LogP) is 3.90. The molecule has 0 aromatic carbocycles. The first-order chi connectivity index (χ1) is 8.34. The van der Waals surface area contributed by atoms with Crippen LogP contribution >= 0.6 is 23.4 Å². The van der Waals surface area contributed by atoms with Gasteiger partial charge in [0, 0.05) is 51.3 Å². The van der Waals surface area contributed by atoms with Gasteiger partial charge in [-0.05, 0) is 13.8 Å². The quantitative estimate of drug-likeness (QED) is 0.367. The number of hydrogen-bond acceptors (Lipinski definition) is 7. The molecule has 20 heavy (non-hydrogen) atoms. The van der Waals surface area contributed by atoms with E-state index in [9.17, 15) is 13.7 Å². The molecule has 7 nitrogen and oxygen atoms in total. The maximum atomic E-state index is 11.9. The first-order valence-electron chi connectivity index (χ1n) is 5.75. The summed E-state index contributed by atoms with van der Waals surface area (Å²) in [6.07, 6.45) is 0.122. The molecular formula is C8H21O7P3Zn2. The van der Waals surface area contributed by atoms with Crippen LogP contribution in [0.1, 0.15) is 27.7 Å². The average molecular weight is 453 g/mol. The van der Waals surface area contributed by atoms with E-state index in [4.69, 9.17) is 17.7 Å². The first kappa shape index (κ1) is 26.7. The predicted molar refractivity (Wildman–Crippen MR) is 70.7 cm³/mol. The second-order valence-corrected chi connectivity index (χ2v) is 9.31. The molecule has 0 bridgehead atoms. The Morgan fingerprint density at radius 1 is 0.800 bits per heavy atom. The van der Waals surface area contributed by atoms with Gasteiger partial charge in [-0.25, -0.2) is 8.62 Å². The van der Waals surface area contributed by atoms with Crippen LogP contribution in [0.15, 0.2) is 0 Å². The monoisotopic (exact) mass is 450 g/mol. The molecule has 0 aliphatic rings. The Bertz CT molecular complexity index is 334. The molecule has 0 spiro atoms. The molecule has 0 saturated carbocycles. The maximum absolute atomic E-state index is 11.9. The number of rotatable bonds is 10. The Kier molecular flexibility index (Phi) is 17.6. The first-order valence-corrected chi connectivity index (χ1v) is 10.4. The molecule has 0 aromatic rings. The van der Waals surface area contributed by atoms with Crippen LogP contribution in [0.5, 0.6) is 0 Å². The van der Waals surface area contributed by atoms with Crippen LogP contribution in [-0.4, -0.2) is 25.5 Å². The summed E-state index contributed by atoms with van der Waals surface area (Å²) in [6.45, 7) is 6.76. The molecule has 0 aliphatic heterocycles. The van der Waals surface area contributed by atoms with Crippen molar-refractivity contribution in [2.75, 3.05) is 25.5 Å². The molecule has 0 saturated heterocycles. The van der Waals surface area contributed by atoms with E-state index in [-0.39, 0.29) is 64.5 Å². The van der Waals surface area contributed by atoms with Crippen LogP contribution in [0.4, 0.5) is 0 Å². The molecule has 0 heterocycles. The standard InChI is InChI=1S/C8H21O7P3.2Zn/c1-5-12-17(10,7-3)14-16(9)15-18(11,8-4)13-6-2;;/h16H,5-8H2,1-4H3;;. The van der Waals surface area contributed by atoms with Gasteiger partial charge in [0.2, 0.25) is 0 Å². The molecule has 0 aromatic heterocycles. The third-order valence-corrected chi connectivity index (χ3v) is 8.12. The zero-order valence-corrected chi connectivity index (χ0v) is 21.2. The topological polar surface area (TPSA) is 88.1 Å². The summed E-state index contributed by atoms with van der Waals surface area (Å²) in [4.78, 5) is 0. The Balaban J connectivity index is -0.00000144. The minimum atomic E-state index is -3.44. The van der Waals surface area contributed by atoms with E-state index in [0.717, 1.165) is 0 Å². The minimum absolute atomic E-state index is 0. The third kappa shape index (κ3) is 10.5. The fourth-order valence-corrected chi connectivity index (χ4v) is 5.86. The summed E-state index contributed by atoms with van der Waals surface area (Å²) < 4.78 is 54.7. The summed E-state index contributed by atoms with van der Waals surface area (Å²) in [7, 11) is -10.1. The second kappa shape index (κ2) is 13.2. The number of hydrogen-bond donors (Lipinski definition) is 0. The van der Waals surface area contributed by atoms with Crippen LogP contribution in [0.2, 0.25) is 0 Å². The summed E-state index contributed by atoms with van der Waals surface area (Å²) in [5, 5.41) is 0. The van der Waals surface area contributed by atoms with Gasteiger partial charge in [-0.2, -0.15) is 0 Å². The fraction of sp³-hybridized carbons (Fsp3) is 1.00. The summed E-state index contributed by atoms with van der Waals surface area (Å²) in [5.74, 6) is 0. The van der Waals surface area contributed by atoms with Gasteiger partial charge in [0.1, 0.15) is 0 Å². The van der Waals surface area contributed by atoms with Crippen molar-refractivity contribution in [3.05, 3.63) is 0 Å². The van der Waals surface area contributed by atoms with E-state index in [0.29, 0.717) is 0 Å². The summed E-state index contributed by atoms with van der Waals surface area (Å²) >= 11 is 0. The van der Waals surface area contributed by atoms with Crippen molar-refractivity contribution >= 4 is 23.4 Å². The van der Waals surface area contributed by atoms with E-state index < -0.39 is 23.4 Å². The van der Waals surface area contributed by atoms with Crippen molar-refractivity contribution in [3.63, 3.8) is 0 Å². The van der Waals surface area contributed by atoms with Crippen molar-refractivity contribution in [1.82, 2.24) is 0 Å². The molecule has 0 rings (SSSR count). The van der Waals surface area contributed by atoms with Gasteiger partial charge in [-0.3, -0.25) is 13.7 Å². The van der Waals surface area contributed by atoms with E-state index in [1.54, 1.807) is 27.7 Å². The van der Waals surface area contributed by atoms with E-state index in [2.05, 4.69) is 0 Å². The zero-order valence-electron chi connectivity index (χ0n) is 12.5. The summed E-state index contributed by atoms with van der Waals surface area (Å²) in [5.41, 5.74) is 0. The van der Waals surface area contributed by atoms with Crippen molar-refractivity contribution in [3.8, 4) is 0 Å². The van der Waals surface area contributed by atoms with Crippen LogP contribution in [0.3, 0.4) is 0 Å². The van der Waals surface area contributed by atoms with Crippen LogP contribution in [0.25, 0.3) is 0 Å². The minimum Gasteiger partial charge on any atom is -0.309 e. The normalized spacial score (nSPS) is 18.0. The van der Waals surface area contributed by atoms with E-state index in [1.807, 2.05) is 0 Å².